The van der Waals surface area contributed by atoms with Crippen LogP contribution in [0.2, 0.25) is 0 Å². The first-order valence-electron chi connectivity index (χ1n) is 8.70. The second kappa shape index (κ2) is 6.92. The molecule has 3 rings (SSSR count). The number of carbonyl (C=O) groups excluding carboxylic acids is 1. The molecule has 1 aliphatic heterocycles. The Morgan fingerprint density at radius 1 is 1.36 bits per heavy atom. The van der Waals surface area contributed by atoms with Gasteiger partial charge in [0.25, 0.3) is 0 Å². The molecule has 150 valence electrons. The van der Waals surface area contributed by atoms with Crippen LogP contribution in [0.15, 0.2) is 18.5 Å². The highest BCUT2D eigenvalue weighted by Gasteiger charge is 2.42. The van der Waals surface area contributed by atoms with Gasteiger partial charge in [0.05, 0.1) is 4.92 Å². The van der Waals surface area contributed by atoms with Crippen LogP contribution in [-0.4, -0.2) is 38.4 Å². The fourth-order valence-electron chi connectivity index (χ4n) is 3.48. The number of aryl methyl sites for hydroxylation is 1. The Kier molecular flexibility index (Phi) is 4.90. The van der Waals surface area contributed by atoms with Crippen molar-refractivity contribution in [3.05, 3.63) is 39.7 Å². The standard InChI is InChI=1S/C18H19F3N4O3/c1-10(2)17(26)24-6-4-11(5-7-24)12-9-23(3)16-14(12)15(18(19,20)21)13(8-22-16)25(27)28/h4,8-10H,5-7H2,1-3H3. The van der Waals surface area contributed by atoms with Crippen molar-refractivity contribution < 1.29 is 22.9 Å². The number of halogens is 3. The van der Waals surface area contributed by atoms with Crippen LogP contribution in [-0.2, 0) is 18.0 Å². The summed E-state index contributed by atoms with van der Waals surface area (Å²) in [6.07, 6.45) is -0.695. The monoisotopic (exact) mass is 396 g/mol. The molecule has 28 heavy (non-hydrogen) atoms. The summed E-state index contributed by atoms with van der Waals surface area (Å²) in [6, 6.07) is 0. The number of amides is 1. The number of rotatable bonds is 3. The molecular weight excluding hydrogens is 377 g/mol. The molecule has 0 unspecified atom stereocenters. The van der Waals surface area contributed by atoms with E-state index in [1.165, 1.54) is 10.8 Å². The molecule has 1 amide bonds. The van der Waals surface area contributed by atoms with Crippen molar-refractivity contribution in [3.8, 4) is 0 Å². The van der Waals surface area contributed by atoms with Gasteiger partial charge in [-0.1, -0.05) is 19.9 Å². The second-order valence-electron chi connectivity index (χ2n) is 7.04. The number of nitrogens with zero attached hydrogens (tertiary/aromatic N) is 4. The van der Waals surface area contributed by atoms with E-state index in [1.807, 2.05) is 0 Å². The third-order valence-electron chi connectivity index (χ3n) is 4.81. The smallest absolute Gasteiger partial charge is 0.338 e. The zero-order chi connectivity index (χ0) is 20.8. The maximum atomic E-state index is 13.7. The molecule has 0 saturated heterocycles. The Hall–Kier alpha value is -2.91. The first-order chi connectivity index (χ1) is 13.0. The van der Waals surface area contributed by atoms with E-state index < -0.39 is 22.4 Å². The summed E-state index contributed by atoms with van der Waals surface area (Å²) in [4.78, 5) is 27.8. The Balaban J connectivity index is 2.17. The van der Waals surface area contributed by atoms with Gasteiger partial charge in [0.1, 0.15) is 17.4 Å². The molecule has 10 heteroatoms. The molecule has 0 N–H and O–H groups in total. The van der Waals surface area contributed by atoms with E-state index in [2.05, 4.69) is 4.98 Å². The minimum Gasteiger partial charge on any atom is -0.338 e. The predicted molar refractivity (Wildman–Crippen MR) is 96.4 cm³/mol. The average Bonchev–Trinajstić information content (AvgIpc) is 2.96. The van der Waals surface area contributed by atoms with E-state index in [-0.39, 0.29) is 35.0 Å². The van der Waals surface area contributed by atoms with Crippen LogP contribution < -0.4 is 0 Å². The van der Waals surface area contributed by atoms with Crippen molar-refractivity contribution in [3.63, 3.8) is 0 Å². The molecule has 3 heterocycles. The normalized spacial score (nSPS) is 15.2. The number of hydrogen-bond acceptors (Lipinski definition) is 4. The molecular formula is C18H19F3N4O3. The highest BCUT2D eigenvalue weighted by atomic mass is 19.4. The number of hydrogen-bond donors (Lipinski definition) is 0. The molecule has 1 aliphatic rings. The Labute approximate surface area is 158 Å². The highest BCUT2D eigenvalue weighted by molar-refractivity contribution is 5.96. The number of alkyl halides is 3. The number of pyridine rings is 1. The van der Waals surface area contributed by atoms with Crippen LogP contribution in [0.4, 0.5) is 18.9 Å². The van der Waals surface area contributed by atoms with Gasteiger partial charge >= 0.3 is 11.9 Å². The quantitative estimate of drug-likeness (QED) is 0.584. The number of aromatic nitrogens is 2. The van der Waals surface area contributed by atoms with Crippen LogP contribution in [0.1, 0.15) is 31.4 Å². The van der Waals surface area contributed by atoms with Gasteiger partial charge in [-0.25, -0.2) is 4.98 Å². The summed E-state index contributed by atoms with van der Waals surface area (Å²) in [5.74, 6) is -0.197. The molecule has 2 aromatic heterocycles. The minimum absolute atomic E-state index is 0.0227. The second-order valence-corrected chi connectivity index (χ2v) is 7.04. The lowest BCUT2D eigenvalue weighted by Crippen LogP contribution is -2.37. The van der Waals surface area contributed by atoms with Gasteiger partial charge < -0.3 is 9.47 Å². The van der Waals surface area contributed by atoms with Gasteiger partial charge in [0.15, 0.2) is 0 Å². The summed E-state index contributed by atoms with van der Waals surface area (Å²) in [6.45, 7) is 4.23. The van der Waals surface area contributed by atoms with Crippen molar-refractivity contribution in [1.82, 2.24) is 14.5 Å². The lowest BCUT2D eigenvalue weighted by atomic mass is 9.96. The molecule has 0 aromatic carbocycles. The SMILES string of the molecule is CC(C)C(=O)N1CC=C(c2cn(C)c3ncc([N+](=O)[O-])c(C(F)(F)F)c23)CC1. The third kappa shape index (κ3) is 3.34. The molecule has 0 bridgehead atoms. The highest BCUT2D eigenvalue weighted by Crippen LogP contribution is 2.43. The number of nitro groups is 1. The van der Waals surface area contributed by atoms with Crippen LogP contribution >= 0.6 is 0 Å². The van der Waals surface area contributed by atoms with E-state index in [1.54, 1.807) is 31.9 Å². The van der Waals surface area contributed by atoms with Gasteiger partial charge in [-0.3, -0.25) is 14.9 Å². The first-order valence-corrected chi connectivity index (χ1v) is 8.70. The molecule has 0 spiro atoms. The van der Waals surface area contributed by atoms with Crippen LogP contribution in [0.25, 0.3) is 16.6 Å². The lowest BCUT2D eigenvalue weighted by Gasteiger charge is -2.28. The maximum Gasteiger partial charge on any atom is 0.423 e. The van der Waals surface area contributed by atoms with Crippen molar-refractivity contribution in [1.29, 1.82) is 0 Å². The lowest BCUT2D eigenvalue weighted by molar-refractivity contribution is -0.388. The summed E-state index contributed by atoms with van der Waals surface area (Å²) < 4.78 is 42.6. The predicted octanol–water partition coefficient (Wildman–Crippen LogP) is 3.77. The Bertz CT molecular complexity index is 992. The van der Waals surface area contributed by atoms with E-state index >= 15 is 0 Å². The minimum atomic E-state index is -4.91. The zero-order valence-corrected chi connectivity index (χ0v) is 15.6. The fraction of sp³-hybridized carbons (Fsp3) is 0.444. The van der Waals surface area contributed by atoms with E-state index in [0.29, 0.717) is 24.7 Å². The van der Waals surface area contributed by atoms with Crippen LogP contribution in [0, 0.1) is 16.0 Å². The average molecular weight is 396 g/mol. The van der Waals surface area contributed by atoms with Crippen LogP contribution in [0.5, 0.6) is 0 Å². The summed E-state index contributed by atoms with van der Waals surface area (Å²) in [5.41, 5.74) is -1.46. The van der Waals surface area contributed by atoms with E-state index in [0.717, 1.165) is 0 Å². The summed E-state index contributed by atoms with van der Waals surface area (Å²) >= 11 is 0. The largest absolute Gasteiger partial charge is 0.423 e. The molecule has 0 saturated carbocycles. The summed E-state index contributed by atoms with van der Waals surface area (Å²) in [5, 5.41) is 10.9. The van der Waals surface area contributed by atoms with E-state index in [4.69, 9.17) is 0 Å². The van der Waals surface area contributed by atoms with E-state index in [9.17, 15) is 28.1 Å². The molecule has 0 fully saturated rings. The van der Waals surface area contributed by atoms with Gasteiger partial charge in [-0.15, -0.1) is 0 Å². The maximum absolute atomic E-state index is 13.7. The van der Waals surface area contributed by atoms with Crippen molar-refractivity contribution in [2.75, 3.05) is 13.1 Å². The van der Waals surface area contributed by atoms with Gasteiger partial charge in [-0.05, 0) is 12.0 Å². The Morgan fingerprint density at radius 2 is 2.04 bits per heavy atom. The summed E-state index contributed by atoms with van der Waals surface area (Å²) in [7, 11) is 1.54. The molecule has 0 atom stereocenters. The number of fused-ring (bicyclic) bond motifs is 1. The number of carbonyl (C=O) groups is 1. The van der Waals surface area contributed by atoms with Crippen molar-refractivity contribution in [2.45, 2.75) is 26.4 Å². The zero-order valence-electron chi connectivity index (χ0n) is 15.6. The molecule has 0 aliphatic carbocycles. The molecule has 0 radical (unpaired) electrons. The van der Waals surface area contributed by atoms with Gasteiger partial charge in [-0.2, -0.15) is 13.2 Å². The third-order valence-corrected chi connectivity index (χ3v) is 4.81. The fourth-order valence-corrected chi connectivity index (χ4v) is 3.48. The van der Waals surface area contributed by atoms with Crippen molar-refractivity contribution >= 4 is 28.2 Å². The van der Waals surface area contributed by atoms with Crippen molar-refractivity contribution in [2.24, 2.45) is 13.0 Å². The molecule has 7 nitrogen and oxygen atoms in total. The Morgan fingerprint density at radius 3 is 2.54 bits per heavy atom. The molecule has 2 aromatic rings. The van der Waals surface area contributed by atoms with Crippen LogP contribution in [0.3, 0.4) is 0 Å². The first kappa shape index (κ1) is 19.8. The topological polar surface area (TPSA) is 81.3 Å². The van der Waals surface area contributed by atoms with Gasteiger partial charge in [0, 0.05) is 43.2 Å². The van der Waals surface area contributed by atoms with Gasteiger partial charge in [0.2, 0.25) is 5.91 Å².